The molecule has 0 unspecified atom stereocenters. The molecule has 1 saturated carbocycles. The van der Waals surface area contributed by atoms with Crippen LogP contribution in [0.2, 0.25) is 0 Å². The van der Waals surface area contributed by atoms with Crippen molar-refractivity contribution in [3.8, 4) is 17.6 Å². The average molecular weight is 407 g/mol. The predicted molar refractivity (Wildman–Crippen MR) is 108 cm³/mol. The predicted octanol–water partition coefficient (Wildman–Crippen LogP) is 2.82. The van der Waals surface area contributed by atoms with E-state index in [1.165, 1.54) is 18.7 Å². The summed E-state index contributed by atoms with van der Waals surface area (Å²) >= 11 is 0. The van der Waals surface area contributed by atoms with Crippen LogP contribution in [0.4, 0.5) is 10.2 Å². The van der Waals surface area contributed by atoms with Gasteiger partial charge in [-0.15, -0.1) is 0 Å². The number of amides is 1. The number of nitrogens with zero attached hydrogens (tertiary/aromatic N) is 6. The number of anilines is 1. The lowest BCUT2D eigenvalue weighted by molar-refractivity contribution is -0.135. The second-order valence-electron chi connectivity index (χ2n) is 7.57. The first-order chi connectivity index (χ1) is 14.5. The molecular weight excluding hydrogens is 385 g/mol. The molecule has 0 bridgehead atoms. The molecule has 2 aliphatic rings. The lowest BCUT2D eigenvalue weighted by Crippen LogP contribution is -2.40. The Kier molecular flexibility index (Phi) is 5.31. The fourth-order valence-electron chi connectivity index (χ4n) is 3.51. The molecule has 30 heavy (non-hydrogen) atoms. The summed E-state index contributed by atoms with van der Waals surface area (Å²) in [4.78, 5) is 26.0. The summed E-state index contributed by atoms with van der Waals surface area (Å²) in [5, 5.41) is 8.86. The zero-order valence-electron chi connectivity index (χ0n) is 16.5. The van der Waals surface area contributed by atoms with Crippen molar-refractivity contribution < 1.29 is 9.18 Å². The number of imidazole rings is 1. The third-order valence-electron chi connectivity index (χ3n) is 5.39. The highest BCUT2D eigenvalue weighted by molar-refractivity contribution is 5.88. The highest BCUT2D eigenvalue weighted by Gasteiger charge is 2.52. The molecule has 4 heterocycles. The summed E-state index contributed by atoms with van der Waals surface area (Å²) in [5.41, 5.74) is 6.22. The molecule has 1 amide bonds. The Hall–Kier alpha value is -3.54. The molecular formula is C21H22FN7O. The maximum absolute atomic E-state index is 13.2. The molecule has 1 aliphatic heterocycles. The molecule has 1 saturated heterocycles. The van der Waals surface area contributed by atoms with E-state index in [1.807, 2.05) is 4.90 Å². The zero-order chi connectivity index (χ0) is 21.1. The molecule has 9 heteroatoms. The second kappa shape index (κ2) is 8.06. The van der Waals surface area contributed by atoms with E-state index >= 15 is 0 Å². The highest BCUT2D eigenvalue weighted by atomic mass is 19.1. The Morgan fingerprint density at radius 2 is 1.93 bits per heavy atom. The van der Waals surface area contributed by atoms with Gasteiger partial charge in [0, 0.05) is 25.5 Å². The molecule has 0 aromatic carbocycles. The second-order valence-corrected chi connectivity index (χ2v) is 7.57. The van der Waals surface area contributed by atoms with E-state index < -0.39 is 5.41 Å². The Morgan fingerprint density at radius 1 is 1.17 bits per heavy atom. The molecule has 0 spiro atoms. The van der Waals surface area contributed by atoms with Crippen LogP contribution < -0.4 is 5.73 Å². The van der Waals surface area contributed by atoms with E-state index in [2.05, 4.69) is 21.0 Å². The third kappa shape index (κ3) is 3.94. The number of halogens is 1. The molecule has 1 aliphatic carbocycles. The minimum absolute atomic E-state index is 0.0923. The van der Waals surface area contributed by atoms with Crippen LogP contribution in [0, 0.1) is 22.6 Å². The Bertz CT molecular complexity index is 1110. The minimum Gasteiger partial charge on any atom is -0.384 e. The number of nitriles is 1. The van der Waals surface area contributed by atoms with Crippen molar-refractivity contribution in [3.05, 3.63) is 42.6 Å². The zero-order valence-corrected chi connectivity index (χ0v) is 16.5. The van der Waals surface area contributed by atoms with Gasteiger partial charge in [-0.2, -0.15) is 5.26 Å². The fourth-order valence-corrected chi connectivity index (χ4v) is 3.51. The van der Waals surface area contributed by atoms with Crippen molar-refractivity contribution in [2.45, 2.75) is 32.1 Å². The number of hydrogen-bond donors (Lipinski definition) is 1. The Balaban J connectivity index is 0.000000151. The van der Waals surface area contributed by atoms with Crippen molar-refractivity contribution >= 4 is 17.4 Å². The number of piperidine rings is 1. The molecule has 3 aromatic rings. The number of carbonyl (C=O) groups excluding carboxylic acids is 1. The van der Waals surface area contributed by atoms with E-state index in [1.54, 1.807) is 28.9 Å². The third-order valence-corrected chi connectivity index (χ3v) is 5.39. The number of carbonyl (C=O) groups is 1. The van der Waals surface area contributed by atoms with Crippen molar-refractivity contribution in [3.63, 3.8) is 0 Å². The van der Waals surface area contributed by atoms with Crippen LogP contribution >= 0.6 is 0 Å². The number of pyridine rings is 1. The van der Waals surface area contributed by atoms with E-state index in [4.69, 9.17) is 11.0 Å². The molecule has 0 atom stereocenters. The molecule has 2 N–H and O–H groups in total. The number of nitrogen functional groups attached to an aromatic ring is 1. The quantitative estimate of drug-likeness (QED) is 0.699. The fraction of sp³-hybridized carbons (Fsp3) is 0.381. The number of aromatic nitrogens is 4. The number of nitrogens with two attached hydrogens (primary N) is 1. The molecule has 154 valence electrons. The van der Waals surface area contributed by atoms with Gasteiger partial charge in [0.25, 0.3) is 0 Å². The first kappa shape index (κ1) is 19.8. The summed E-state index contributed by atoms with van der Waals surface area (Å²) in [5.74, 6) is 0.528. The smallest absolute Gasteiger partial charge is 0.243 e. The molecule has 8 nitrogen and oxygen atoms in total. The SMILES string of the molecule is N#CC1(C(=O)N2CCCCC2)CC1.Nc1ccnc(-c2cnc3ccc(F)cn23)n1. The van der Waals surface area contributed by atoms with Gasteiger partial charge in [0.2, 0.25) is 5.91 Å². The maximum atomic E-state index is 13.2. The first-order valence-corrected chi connectivity index (χ1v) is 9.94. The molecule has 5 rings (SSSR count). The van der Waals surface area contributed by atoms with Gasteiger partial charge in [0.05, 0.1) is 12.3 Å². The average Bonchev–Trinajstić information content (AvgIpc) is 3.47. The Morgan fingerprint density at radius 3 is 2.60 bits per heavy atom. The van der Waals surface area contributed by atoms with E-state index in [-0.39, 0.29) is 11.7 Å². The van der Waals surface area contributed by atoms with Gasteiger partial charge in [-0.1, -0.05) is 0 Å². The minimum atomic E-state index is -0.600. The van der Waals surface area contributed by atoms with Crippen LogP contribution in [0.25, 0.3) is 17.2 Å². The summed E-state index contributed by atoms with van der Waals surface area (Å²) in [6.07, 6.45) is 9.46. The number of likely N-dealkylation sites (tertiary alicyclic amines) is 1. The normalized spacial score (nSPS) is 17.0. The van der Waals surface area contributed by atoms with E-state index in [0.29, 0.717) is 23.0 Å². The summed E-state index contributed by atoms with van der Waals surface area (Å²) in [6, 6.07) is 6.69. The van der Waals surface area contributed by atoms with Crippen LogP contribution in [-0.4, -0.2) is 43.2 Å². The number of fused-ring (bicyclic) bond motifs is 1. The van der Waals surface area contributed by atoms with Crippen molar-refractivity contribution in [2.24, 2.45) is 5.41 Å². The maximum Gasteiger partial charge on any atom is 0.243 e. The lowest BCUT2D eigenvalue weighted by atomic mass is 10.0. The van der Waals surface area contributed by atoms with Gasteiger partial charge >= 0.3 is 0 Å². The monoisotopic (exact) mass is 407 g/mol. The van der Waals surface area contributed by atoms with Crippen LogP contribution in [0.5, 0.6) is 0 Å². The van der Waals surface area contributed by atoms with Gasteiger partial charge < -0.3 is 10.6 Å². The van der Waals surface area contributed by atoms with Gasteiger partial charge in [0.1, 0.15) is 28.4 Å². The summed E-state index contributed by atoms with van der Waals surface area (Å²) < 4.78 is 14.8. The molecule has 3 aromatic heterocycles. The largest absolute Gasteiger partial charge is 0.384 e. The summed E-state index contributed by atoms with van der Waals surface area (Å²) in [7, 11) is 0. The Labute approximate surface area is 173 Å². The van der Waals surface area contributed by atoms with Crippen molar-refractivity contribution in [1.29, 1.82) is 5.26 Å². The van der Waals surface area contributed by atoms with Crippen molar-refractivity contribution in [2.75, 3.05) is 18.8 Å². The highest BCUT2D eigenvalue weighted by Crippen LogP contribution is 2.46. The van der Waals surface area contributed by atoms with Gasteiger partial charge in [-0.05, 0) is 50.3 Å². The van der Waals surface area contributed by atoms with Crippen molar-refractivity contribution in [1.82, 2.24) is 24.3 Å². The van der Waals surface area contributed by atoms with Crippen LogP contribution in [0.15, 0.2) is 36.8 Å². The van der Waals surface area contributed by atoms with Gasteiger partial charge in [0.15, 0.2) is 5.82 Å². The van der Waals surface area contributed by atoms with Gasteiger partial charge in [-0.25, -0.2) is 19.3 Å². The molecule has 0 radical (unpaired) electrons. The number of rotatable bonds is 2. The van der Waals surface area contributed by atoms with E-state index in [0.717, 1.165) is 38.8 Å². The standard InChI is InChI=1S/C11H8FN5.C10H14N2O/c12-7-1-2-10-15-5-8(17(10)6-7)11-14-4-3-9(13)16-11;11-8-10(4-5-10)9(13)12-6-2-1-3-7-12/h1-6H,(H2,13,14,16);1-7H2. The first-order valence-electron chi connectivity index (χ1n) is 9.94. The van der Waals surface area contributed by atoms with Crippen LogP contribution in [0.1, 0.15) is 32.1 Å². The van der Waals surface area contributed by atoms with Gasteiger partial charge in [-0.3, -0.25) is 9.20 Å². The molecule has 2 fully saturated rings. The summed E-state index contributed by atoms with van der Waals surface area (Å²) in [6.45, 7) is 1.73. The van der Waals surface area contributed by atoms with Crippen LogP contribution in [0.3, 0.4) is 0 Å². The van der Waals surface area contributed by atoms with E-state index in [9.17, 15) is 9.18 Å². The number of hydrogen-bond acceptors (Lipinski definition) is 6. The van der Waals surface area contributed by atoms with Crippen LogP contribution in [-0.2, 0) is 4.79 Å². The topological polar surface area (TPSA) is 113 Å². The lowest BCUT2D eigenvalue weighted by Gasteiger charge is -2.28.